The largest absolute Gasteiger partial charge is 0.494 e. The van der Waals surface area contributed by atoms with Crippen molar-refractivity contribution in [3.8, 4) is 5.75 Å². The lowest BCUT2D eigenvalue weighted by Crippen LogP contribution is -2.44. The van der Waals surface area contributed by atoms with Gasteiger partial charge in [-0.05, 0) is 36.2 Å². The minimum atomic E-state index is -0.588. The van der Waals surface area contributed by atoms with Gasteiger partial charge < -0.3 is 20.3 Å². The molecule has 1 heterocycles. The molecular formula is C20H24F3IN4O. The Morgan fingerprint density at radius 2 is 1.97 bits per heavy atom. The molecule has 1 fully saturated rings. The molecule has 1 aliphatic rings. The predicted molar refractivity (Wildman–Crippen MR) is 119 cm³/mol. The monoisotopic (exact) mass is 520 g/mol. The highest BCUT2D eigenvalue weighted by molar-refractivity contribution is 14.0. The first kappa shape index (κ1) is 23.1. The van der Waals surface area contributed by atoms with E-state index in [1.807, 2.05) is 4.90 Å². The summed E-state index contributed by atoms with van der Waals surface area (Å²) in [5, 5.41) is 6.43. The fourth-order valence-electron chi connectivity index (χ4n) is 3.23. The van der Waals surface area contributed by atoms with Gasteiger partial charge in [-0.15, -0.1) is 24.0 Å². The van der Waals surface area contributed by atoms with Crippen LogP contribution in [0.5, 0.6) is 5.75 Å². The number of hydrogen-bond acceptors (Lipinski definition) is 3. The van der Waals surface area contributed by atoms with Gasteiger partial charge in [-0.2, -0.15) is 0 Å². The van der Waals surface area contributed by atoms with Gasteiger partial charge in [0.05, 0.1) is 12.8 Å². The van der Waals surface area contributed by atoms with Crippen LogP contribution in [0.3, 0.4) is 0 Å². The quantitative estimate of drug-likeness (QED) is 0.359. The van der Waals surface area contributed by atoms with Crippen LogP contribution in [0.15, 0.2) is 41.4 Å². The van der Waals surface area contributed by atoms with Crippen LogP contribution in [0.25, 0.3) is 0 Å². The maximum absolute atomic E-state index is 14.0. The summed E-state index contributed by atoms with van der Waals surface area (Å²) in [5.74, 6) is -0.801. The first-order valence-corrected chi connectivity index (χ1v) is 8.99. The standard InChI is InChI=1S/C20H23F3N4O.HI/c1-24-20(25-11-13-3-6-19(28-2)17(23)9-13)26-15-7-8-27(12-15)18-5-4-14(21)10-16(18)22;/h3-6,9-10,15H,7-8,11-12H2,1-2H3,(H2,24,25,26);1H. The number of methoxy groups -OCH3 is 1. The first-order chi connectivity index (χ1) is 13.5. The van der Waals surface area contributed by atoms with E-state index >= 15 is 0 Å². The molecule has 2 aromatic carbocycles. The highest BCUT2D eigenvalue weighted by Gasteiger charge is 2.25. The van der Waals surface area contributed by atoms with Gasteiger partial charge in [0.1, 0.15) is 11.6 Å². The zero-order valence-electron chi connectivity index (χ0n) is 16.2. The normalized spacial score (nSPS) is 16.4. The van der Waals surface area contributed by atoms with Crippen LogP contribution in [0.1, 0.15) is 12.0 Å². The number of anilines is 1. The van der Waals surface area contributed by atoms with Crippen LogP contribution in [0.2, 0.25) is 0 Å². The molecule has 0 radical (unpaired) electrons. The highest BCUT2D eigenvalue weighted by atomic mass is 127. The molecule has 9 heteroatoms. The van der Waals surface area contributed by atoms with Crippen molar-refractivity contribution < 1.29 is 17.9 Å². The van der Waals surface area contributed by atoms with E-state index in [0.29, 0.717) is 31.3 Å². The molecule has 29 heavy (non-hydrogen) atoms. The molecule has 0 aromatic heterocycles. The van der Waals surface area contributed by atoms with E-state index in [0.717, 1.165) is 18.1 Å². The van der Waals surface area contributed by atoms with E-state index in [1.165, 1.54) is 25.3 Å². The average molecular weight is 520 g/mol. The van der Waals surface area contributed by atoms with Crippen molar-refractivity contribution in [2.45, 2.75) is 19.0 Å². The number of nitrogens with one attached hydrogen (secondary N) is 2. The van der Waals surface area contributed by atoms with Gasteiger partial charge in [0.15, 0.2) is 17.5 Å². The molecule has 5 nitrogen and oxygen atoms in total. The number of rotatable bonds is 5. The zero-order chi connectivity index (χ0) is 20.1. The second-order valence-corrected chi connectivity index (χ2v) is 6.57. The van der Waals surface area contributed by atoms with Crippen molar-refractivity contribution in [2.24, 2.45) is 4.99 Å². The van der Waals surface area contributed by atoms with Gasteiger partial charge in [-0.25, -0.2) is 13.2 Å². The maximum Gasteiger partial charge on any atom is 0.191 e. The fourth-order valence-corrected chi connectivity index (χ4v) is 3.23. The Kier molecular flexibility index (Phi) is 8.42. The Bertz CT molecular complexity index is 866. The minimum absolute atomic E-state index is 0. The molecule has 2 N–H and O–H groups in total. The van der Waals surface area contributed by atoms with Crippen molar-refractivity contribution in [2.75, 3.05) is 32.1 Å². The molecule has 158 valence electrons. The van der Waals surface area contributed by atoms with Gasteiger partial charge in [0.25, 0.3) is 0 Å². The summed E-state index contributed by atoms with van der Waals surface area (Å²) < 4.78 is 45.8. The molecule has 0 spiro atoms. The summed E-state index contributed by atoms with van der Waals surface area (Å²) in [6, 6.07) is 8.43. The van der Waals surface area contributed by atoms with Crippen LogP contribution in [-0.4, -0.2) is 39.2 Å². The number of benzene rings is 2. The van der Waals surface area contributed by atoms with Gasteiger partial charge in [-0.3, -0.25) is 4.99 Å². The SMILES string of the molecule is CN=C(NCc1ccc(OC)c(F)c1)NC1CCN(c2ccc(F)cc2F)C1.I. The van der Waals surface area contributed by atoms with E-state index in [2.05, 4.69) is 15.6 Å². The van der Waals surface area contributed by atoms with E-state index in [-0.39, 0.29) is 35.8 Å². The molecule has 0 bridgehead atoms. The molecule has 0 amide bonds. The number of halogens is 4. The lowest BCUT2D eigenvalue weighted by molar-refractivity contribution is 0.386. The Morgan fingerprint density at radius 1 is 1.17 bits per heavy atom. The molecule has 1 unspecified atom stereocenters. The molecule has 3 rings (SSSR count). The zero-order valence-corrected chi connectivity index (χ0v) is 18.5. The van der Waals surface area contributed by atoms with Gasteiger partial charge in [-0.1, -0.05) is 6.07 Å². The Morgan fingerprint density at radius 3 is 2.62 bits per heavy atom. The van der Waals surface area contributed by atoms with Crippen molar-refractivity contribution >= 4 is 35.6 Å². The first-order valence-electron chi connectivity index (χ1n) is 8.99. The van der Waals surface area contributed by atoms with E-state index in [9.17, 15) is 13.2 Å². The van der Waals surface area contributed by atoms with E-state index in [4.69, 9.17) is 4.74 Å². The second-order valence-electron chi connectivity index (χ2n) is 6.57. The van der Waals surface area contributed by atoms with Crippen LogP contribution >= 0.6 is 24.0 Å². The third kappa shape index (κ3) is 5.91. The number of nitrogens with zero attached hydrogens (tertiary/aromatic N) is 2. The summed E-state index contributed by atoms with van der Waals surface area (Å²) in [4.78, 5) is 6.06. The number of aliphatic imine (C=N–C) groups is 1. The Balaban J connectivity index is 0.00000300. The summed E-state index contributed by atoms with van der Waals surface area (Å²) >= 11 is 0. The molecule has 1 atom stereocenters. The van der Waals surface area contributed by atoms with Crippen LogP contribution in [-0.2, 0) is 6.54 Å². The molecule has 0 saturated carbocycles. The maximum atomic E-state index is 14.0. The Labute approximate surface area is 185 Å². The number of hydrogen-bond donors (Lipinski definition) is 2. The highest BCUT2D eigenvalue weighted by Crippen LogP contribution is 2.24. The third-order valence-electron chi connectivity index (χ3n) is 4.68. The fraction of sp³-hybridized carbons (Fsp3) is 0.350. The number of guanidine groups is 1. The van der Waals surface area contributed by atoms with E-state index < -0.39 is 17.5 Å². The number of ether oxygens (including phenoxy) is 1. The molecule has 1 saturated heterocycles. The minimum Gasteiger partial charge on any atom is -0.494 e. The second kappa shape index (κ2) is 10.6. The van der Waals surface area contributed by atoms with Crippen LogP contribution < -0.4 is 20.3 Å². The molecule has 0 aliphatic carbocycles. The summed E-state index contributed by atoms with van der Waals surface area (Å²) in [6.45, 7) is 1.62. The van der Waals surface area contributed by atoms with Gasteiger partial charge in [0, 0.05) is 38.8 Å². The van der Waals surface area contributed by atoms with Crippen molar-refractivity contribution in [3.05, 3.63) is 59.4 Å². The Hall–Kier alpha value is -2.17. The van der Waals surface area contributed by atoms with E-state index in [1.54, 1.807) is 19.2 Å². The van der Waals surface area contributed by atoms with Gasteiger partial charge in [0.2, 0.25) is 0 Å². The summed E-state index contributed by atoms with van der Waals surface area (Å²) in [7, 11) is 3.07. The van der Waals surface area contributed by atoms with Crippen molar-refractivity contribution in [3.63, 3.8) is 0 Å². The molecule has 1 aliphatic heterocycles. The van der Waals surface area contributed by atoms with Crippen molar-refractivity contribution in [1.82, 2.24) is 10.6 Å². The summed E-state index contributed by atoms with van der Waals surface area (Å²) in [6.07, 6.45) is 0.786. The summed E-state index contributed by atoms with van der Waals surface area (Å²) in [5.41, 5.74) is 1.14. The predicted octanol–water partition coefficient (Wildman–Crippen LogP) is 3.67. The molecular weight excluding hydrogens is 496 g/mol. The molecule has 2 aromatic rings. The third-order valence-corrected chi connectivity index (χ3v) is 4.68. The lowest BCUT2D eigenvalue weighted by atomic mass is 10.2. The van der Waals surface area contributed by atoms with Gasteiger partial charge >= 0.3 is 0 Å². The van der Waals surface area contributed by atoms with Crippen LogP contribution in [0, 0.1) is 17.5 Å². The lowest BCUT2D eigenvalue weighted by Gasteiger charge is -2.21. The topological polar surface area (TPSA) is 48.9 Å². The smallest absolute Gasteiger partial charge is 0.191 e. The van der Waals surface area contributed by atoms with Crippen LogP contribution in [0.4, 0.5) is 18.9 Å². The average Bonchev–Trinajstić information content (AvgIpc) is 3.13. The van der Waals surface area contributed by atoms with Crippen molar-refractivity contribution in [1.29, 1.82) is 0 Å².